The van der Waals surface area contributed by atoms with Crippen molar-refractivity contribution >= 4 is 43.3 Å². The first-order chi connectivity index (χ1) is 19.2. The predicted molar refractivity (Wildman–Crippen MR) is 171 cm³/mol. The maximum atomic E-state index is 4.66. The second-order valence-corrected chi connectivity index (χ2v) is 10.8. The third kappa shape index (κ3) is 3.89. The minimum absolute atomic E-state index is 0.873. The zero-order valence-corrected chi connectivity index (χ0v) is 22.2. The van der Waals surface area contributed by atoms with Gasteiger partial charge in [-0.05, 0) is 57.2 Å². The van der Waals surface area contributed by atoms with Crippen LogP contribution >= 0.6 is 11.3 Å². The van der Waals surface area contributed by atoms with Gasteiger partial charge in [-0.3, -0.25) is 4.99 Å². The van der Waals surface area contributed by atoms with Crippen molar-refractivity contribution in [3.63, 3.8) is 0 Å². The molecule has 5 aromatic carbocycles. The van der Waals surface area contributed by atoms with Crippen LogP contribution in [0.25, 0.3) is 59.6 Å². The van der Waals surface area contributed by atoms with Crippen molar-refractivity contribution in [1.29, 1.82) is 0 Å². The van der Waals surface area contributed by atoms with Crippen molar-refractivity contribution < 1.29 is 0 Å². The summed E-state index contributed by atoms with van der Waals surface area (Å²) in [6, 6.07) is 39.3. The van der Waals surface area contributed by atoms with Gasteiger partial charge < -0.3 is 0 Å². The van der Waals surface area contributed by atoms with Gasteiger partial charge in [0.15, 0.2) is 0 Å². The Hall–Kier alpha value is -4.79. The molecule has 0 atom stereocenters. The number of thiophene rings is 1. The molecule has 0 bridgehead atoms. The molecule has 1 aliphatic rings. The number of aliphatic imine (C=N–C) groups is 1. The van der Waals surface area contributed by atoms with E-state index in [9.17, 15) is 0 Å². The van der Waals surface area contributed by atoms with E-state index in [4.69, 9.17) is 0 Å². The second-order valence-electron chi connectivity index (χ2n) is 9.70. The van der Waals surface area contributed by atoms with Crippen molar-refractivity contribution in [2.24, 2.45) is 4.99 Å². The average molecular weight is 516 g/mol. The molecule has 0 spiro atoms. The molecule has 1 aromatic heterocycles. The zero-order valence-electron chi connectivity index (χ0n) is 21.4. The lowest BCUT2D eigenvalue weighted by Crippen LogP contribution is -2.10. The van der Waals surface area contributed by atoms with Crippen LogP contribution < -0.4 is 0 Å². The van der Waals surface area contributed by atoms with E-state index in [0.29, 0.717) is 0 Å². The molecule has 6 aromatic rings. The highest BCUT2D eigenvalue weighted by molar-refractivity contribution is 7.26. The molecule has 1 nitrogen and oxygen atoms in total. The van der Waals surface area contributed by atoms with E-state index >= 15 is 0 Å². The Morgan fingerprint density at radius 1 is 0.615 bits per heavy atom. The van der Waals surface area contributed by atoms with E-state index in [2.05, 4.69) is 133 Å². The summed E-state index contributed by atoms with van der Waals surface area (Å²) in [5, 5.41) is 2.59. The molecule has 1 aliphatic carbocycles. The first kappa shape index (κ1) is 23.3. The minimum Gasteiger partial charge on any atom is -0.256 e. The molecule has 0 saturated carbocycles. The smallest absolute Gasteiger partial charge is 0.0780 e. The fourth-order valence-corrected chi connectivity index (χ4v) is 6.86. The quantitative estimate of drug-likeness (QED) is 0.221. The Bertz CT molecular complexity index is 1990. The lowest BCUT2D eigenvalue weighted by atomic mass is 9.83. The summed E-state index contributed by atoms with van der Waals surface area (Å²) in [7, 11) is 0. The fourth-order valence-electron chi connectivity index (χ4n) is 5.64. The van der Waals surface area contributed by atoms with Crippen LogP contribution in [0.5, 0.6) is 0 Å². The van der Waals surface area contributed by atoms with Gasteiger partial charge in [0.1, 0.15) is 0 Å². The fraction of sp³-hybridized carbons (Fsp3) is 0. The van der Waals surface area contributed by atoms with Crippen LogP contribution in [0.4, 0.5) is 0 Å². The number of hydrogen-bond acceptors (Lipinski definition) is 2. The third-order valence-corrected chi connectivity index (χ3v) is 8.63. The normalized spacial score (nSPS) is 13.7. The maximum Gasteiger partial charge on any atom is 0.0780 e. The van der Waals surface area contributed by atoms with Gasteiger partial charge in [-0.2, -0.15) is 0 Å². The van der Waals surface area contributed by atoms with Crippen LogP contribution in [0.3, 0.4) is 0 Å². The van der Waals surface area contributed by atoms with Crippen molar-refractivity contribution in [1.82, 2.24) is 0 Å². The molecule has 0 aliphatic heterocycles. The van der Waals surface area contributed by atoms with Gasteiger partial charge in [0, 0.05) is 37.5 Å². The van der Waals surface area contributed by atoms with Crippen LogP contribution in [-0.4, -0.2) is 5.71 Å². The Labute approximate surface area is 232 Å². The van der Waals surface area contributed by atoms with Crippen LogP contribution in [0.15, 0.2) is 145 Å². The van der Waals surface area contributed by atoms with Crippen molar-refractivity contribution in [2.45, 2.75) is 0 Å². The van der Waals surface area contributed by atoms with Crippen molar-refractivity contribution in [3.05, 3.63) is 151 Å². The standard InChI is InChI=1S/C37H25NS/c1-3-38-36-24(2)20-21-26-14-11-18-31(35(26)36)28-15-7-8-16-29(28)32-22-27(25-12-5-4-6-13-25)23-33-30-17-9-10-19-34(30)39-37(32)33/h3-23H,1-2H2. The predicted octanol–water partition coefficient (Wildman–Crippen LogP) is 10.6. The molecule has 0 unspecified atom stereocenters. The molecular weight excluding hydrogens is 490 g/mol. The summed E-state index contributed by atoms with van der Waals surface area (Å²) in [4.78, 5) is 4.66. The number of hydrogen-bond donors (Lipinski definition) is 0. The molecule has 0 radical (unpaired) electrons. The highest BCUT2D eigenvalue weighted by atomic mass is 32.1. The van der Waals surface area contributed by atoms with Gasteiger partial charge >= 0.3 is 0 Å². The summed E-state index contributed by atoms with van der Waals surface area (Å²) in [5.74, 6) is 0. The summed E-state index contributed by atoms with van der Waals surface area (Å²) in [6.07, 6.45) is 5.77. The molecule has 1 heterocycles. The molecule has 184 valence electrons. The van der Waals surface area contributed by atoms with Gasteiger partial charge in [0.25, 0.3) is 0 Å². The topological polar surface area (TPSA) is 12.4 Å². The van der Waals surface area contributed by atoms with Gasteiger partial charge in [0.05, 0.1) is 5.71 Å². The Morgan fingerprint density at radius 2 is 1.33 bits per heavy atom. The average Bonchev–Trinajstić information content (AvgIpc) is 3.37. The molecule has 0 N–H and O–H groups in total. The number of rotatable bonds is 4. The molecule has 39 heavy (non-hydrogen) atoms. The monoisotopic (exact) mass is 515 g/mol. The first-order valence-corrected chi connectivity index (χ1v) is 13.8. The van der Waals surface area contributed by atoms with E-state index in [1.54, 1.807) is 6.20 Å². The number of benzene rings is 5. The Morgan fingerprint density at radius 3 is 2.15 bits per heavy atom. The van der Waals surface area contributed by atoms with Crippen LogP contribution in [0, 0.1) is 0 Å². The van der Waals surface area contributed by atoms with Gasteiger partial charge in [-0.1, -0.05) is 116 Å². The summed E-state index contributed by atoms with van der Waals surface area (Å²) in [5.41, 5.74) is 11.2. The maximum absolute atomic E-state index is 4.66. The number of nitrogens with zero attached hydrogens (tertiary/aromatic N) is 1. The molecule has 7 rings (SSSR count). The van der Waals surface area contributed by atoms with Crippen molar-refractivity contribution in [2.75, 3.05) is 0 Å². The number of allylic oxidation sites excluding steroid dienone is 2. The first-order valence-electron chi connectivity index (χ1n) is 13.0. The summed E-state index contributed by atoms with van der Waals surface area (Å²) >= 11 is 1.87. The lowest BCUT2D eigenvalue weighted by Gasteiger charge is -2.21. The van der Waals surface area contributed by atoms with E-state index in [1.807, 2.05) is 17.4 Å². The van der Waals surface area contributed by atoms with Gasteiger partial charge in [0.2, 0.25) is 0 Å². The van der Waals surface area contributed by atoms with E-state index in [1.165, 1.54) is 48.0 Å². The van der Waals surface area contributed by atoms with E-state index in [0.717, 1.165) is 28.0 Å². The van der Waals surface area contributed by atoms with Gasteiger partial charge in [-0.15, -0.1) is 11.3 Å². The molecule has 0 saturated heterocycles. The van der Waals surface area contributed by atoms with Gasteiger partial charge in [-0.25, -0.2) is 0 Å². The van der Waals surface area contributed by atoms with E-state index < -0.39 is 0 Å². The van der Waals surface area contributed by atoms with Crippen molar-refractivity contribution in [3.8, 4) is 33.4 Å². The largest absolute Gasteiger partial charge is 0.256 e. The summed E-state index contributed by atoms with van der Waals surface area (Å²) < 4.78 is 2.60. The third-order valence-electron chi connectivity index (χ3n) is 7.41. The minimum atomic E-state index is 0.873. The molecular formula is C37H25NS. The second kappa shape index (κ2) is 9.50. The molecule has 0 fully saturated rings. The Balaban J connectivity index is 1.56. The zero-order chi connectivity index (χ0) is 26.3. The Kier molecular flexibility index (Phi) is 5.69. The van der Waals surface area contributed by atoms with Crippen LogP contribution in [-0.2, 0) is 0 Å². The number of fused-ring (bicyclic) bond motifs is 4. The summed E-state index contributed by atoms with van der Waals surface area (Å²) in [6.45, 7) is 8.15. The molecule has 2 heteroatoms. The SMILES string of the molecule is C=CN=C1C(=C)C=Cc2cccc(-c3ccccc3-c3cc(-c4ccccc4)cc4c3sc3ccccc34)c21. The highest BCUT2D eigenvalue weighted by Gasteiger charge is 2.22. The van der Waals surface area contributed by atoms with E-state index in [-0.39, 0.29) is 0 Å². The lowest BCUT2D eigenvalue weighted by molar-refractivity contribution is 1.48. The molecule has 0 amide bonds. The highest BCUT2D eigenvalue weighted by Crippen LogP contribution is 2.46. The van der Waals surface area contributed by atoms with Crippen LogP contribution in [0.2, 0.25) is 0 Å². The van der Waals surface area contributed by atoms with Crippen LogP contribution in [0.1, 0.15) is 11.1 Å².